The third-order valence-electron chi connectivity index (χ3n) is 3.89. The van der Waals surface area contributed by atoms with E-state index in [-0.39, 0.29) is 11.3 Å². The minimum atomic E-state index is -3.95. The van der Waals surface area contributed by atoms with Crippen LogP contribution in [-0.4, -0.2) is 36.6 Å². The first-order valence-corrected chi connectivity index (χ1v) is 9.49. The van der Waals surface area contributed by atoms with Crippen LogP contribution in [0.1, 0.15) is 32.8 Å². The van der Waals surface area contributed by atoms with Gasteiger partial charge in [-0.25, -0.2) is 13.2 Å². The molecule has 7 nitrogen and oxygen atoms in total. The number of ether oxygens (including phenoxy) is 1. The Morgan fingerprint density at radius 1 is 1.24 bits per heavy atom. The van der Waals surface area contributed by atoms with Crippen molar-refractivity contribution in [2.75, 3.05) is 0 Å². The van der Waals surface area contributed by atoms with E-state index in [9.17, 15) is 18.0 Å². The zero-order valence-corrected chi connectivity index (χ0v) is 15.5. The largest absolute Gasteiger partial charge is 0.481 e. The maximum Gasteiger partial charge on any atom is 0.408 e. The highest BCUT2D eigenvalue weighted by Gasteiger charge is 2.53. The molecule has 2 N–H and O–H groups in total. The number of sulfone groups is 1. The second-order valence-corrected chi connectivity index (χ2v) is 9.34. The van der Waals surface area contributed by atoms with Crippen LogP contribution in [0.2, 0.25) is 0 Å². The summed E-state index contributed by atoms with van der Waals surface area (Å²) in [6, 6.07) is 6.21. The van der Waals surface area contributed by atoms with Gasteiger partial charge in [0, 0.05) is 5.92 Å². The molecule has 0 saturated heterocycles. The molecule has 0 spiro atoms. The van der Waals surface area contributed by atoms with Gasteiger partial charge in [-0.15, -0.1) is 0 Å². The normalized spacial score (nSPS) is 21.3. The van der Waals surface area contributed by atoms with E-state index >= 15 is 0 Å². The van der Waals surface area contributed by atoms with Gasteiger partial charge in [0.1, 0.15) is 11.0 Å². The average molecular weight is 369 g/mol. The highest BCUT2D eigenvalue weighted by molar-refractivity contribution is 7.92. The van der Waals surface area contributed by atoms with E-state index in [1.807, 2.05) is 6.92 Å². The van der Waals surface area contributed by atoms with Crippen LogP contribution in [0.5, 0.6) is 0 Å². The number of nitrogens with one attached hydrogen (secondary N) is 1. The second-order valence-electron chi connectivity index (χ2n) is 7.27. The van der Waals surface area contributed by atoms with E-state index in [1.165, 1.54) is 12.1 Å². The smallest absolute Gasteiger partial charge is 0.408 e. The van der Waals surface area contributed by atoms with Crippen molar-refractivity contribution < 1.29 is 27.9 Å². The summed E-state index contributed by atoms with van der Waals surface area (Å²) in [7, 11) is -3.95. The fourth-order valence-corrected chi connectivity index (χ4v) is 4.37. The molecule has 1 aliphatic rings. The number of carboxylic acids is 1. The maximum atomic E-state index is 12.9. The summed E-state index contributed by atoms with van der Waals surface area (Å²) >= 11 is 0. The highest BCUT2D eigenvalue weighted by Crippen LogP contribution is 2.44. The number of hydrogen-bond acceptors (Lipinski definition) is 5. The zero-order chi connectivity index (χ0) is 19.0. The topological polar surface area (TPSA) is 110 Å². The van der Waals surface area contributed by atoms with Gasteiger partial charge in [0.15, 0.2) is 9.84 Å². The molecule has 0 bridgehead atoms. The van der Waals surface area contributed by atoms with Crippen molar-refractivity contribution in [3.63, 3.8) is 0 Å². The number of aryl methyl sites for hydroxylation is 1. The molecule has 1 amide bonds. The van der Waals surface area contributed by atoms with Gasteiger partial charge >= 0.3 is 12.1 Å². The summed E-state index contributed by atoms with van der Waals surface area (Å²) < 4.78 is 31.0. The lowest BCUT2D eigenvalue weighted by Crippen LogP contribution is -2.45. The van der Waals surface area contributed by atoms with Gasteiger partial charge in [0.25, 0.3) is 0 Å². The first-order valence-electron chi connectivity index (χ1n) is 7.95. The number of alkyl carbamates (subject to hydrolysis) is 1. The zero-order valence-electron chi connectivity index (χ0n) is 14.6. The quantitative estimate of drug-likeness (QED) is 0.824. The standard InChI is InChI=1S/C17H23NO6S/c1-10-5-7-11(8-6-10)25(22,23)14(12-9-13(12)15(19)20)18-16(21)24-17(2,3)4/h5-8,12-14H,9H2,1-4H3,(H,18,21)(H,19,20)/t12-,13-,14?/m1/s1. The second kappa shape index (κ2) is 6.67. The Hall–Kier alpha value is -2.09. The van der Waals surface area contributed by atoms with E-state index in [4.69, 9.17) is 9.84 Å². The molecule has 1 aromatic carbocycles. The van der Waals surface area contributed by atoms with Gasteiger partial charge in [-0.2, -0.15) is 0 Å². The Kier molecular flexibility index (Phi) is 5.13. The van der Waals surface area contributed by atoms with Crippen LogP contribution in [-0.2, 0) is 19.4 Å². The fourth-order valence-electron chi connectivity index (χ4n) is 2.55. The number of carbonyl (C=O) groups excluding carboxylic acids is 1. The van der Waals surface area contributed by atoms with E-state index in [0.717, 1.165) is 5.56 Å². The molecular formula is C17H23NO6S. The van der Waals surface area contributed by atoms with Crippen molar-refractivity contribution >= 4 is 21.9 Å². The Bertz CT molecular complexity index is 763. The van der Waals surface area contributed by atoms with Crippen LogP contribution in [0.4, 0.5) is 4.79 Å². The van der Waals surface area contributed by atoms with Crippen molar-refractivity contribution in [3.05, 3.63) is 29.8 Å². The lowest BCUT2D eigenvalue weighted by molar-refractivity contribution is -0.138. The van der Waals surface area contributed by atoms with Gasteiger partial charge in [-0.05, 0) is 46.2 Å². The van der Waals surface area contributed by atoms with Gasteiger partial charge in [-0.3, -0.25) is 4.79 Å². The Morgan fingerprint density at radius 2 is 1.80 bits per heavy atom. The van der Waals surface area contributed by atoms with Crippen LogP contribution in [0.15, 0.2) is 29.2 Å². The van der Waals surface area contributed by atoms with Crippen LogP contribution in [0.25, 0.3) is 0 Å². The molecule has 1 aliphatic carbocycles. The van der Waals surface area contributed by atoms with E-state index in [1.54, 1.807) is 32.9 Å². The molecule has 0 radical (unpaired) electrons. The van der Waals surface area contributed by atoms with Crippen LogP contribution < -0.4 is 5.32 Å². The molecule has 8 heteroatoms. The number of amides is 1. The lowest BCUT2D eigenvalue weighted by Gasteiger charge is -2.24. The Morgan fingerprint density at radius 3 is 2.24 bits per heavy atom. The summed E-state index contributed by atoms with van der Waals surface area (Å²) in [5.41, 5.74) is 0.100. The van der Waals surface area contributed by atoms with Crippen LogP contribution >= 0.6 is 0 Å². The summed E-state index contributed by atoms with van der Waals surface area (Å²) in [6.45, 7) is 6.81. The third kappa shape index (κ3) is 4.72. The molecule has 0 aliphatic heterocycles. The van der Waals surface area contributed by atoms with E-state index in [0.29, 0.717) is 0 Å². The molecule has 0 heterocycles. The summed E-state index contributed by atoms with van der Waals surface area (Å²) in [6.07, 6.45) is -0.690. The van der Waals surface area contributed by atoms with Gasteiger partial charge in [0.05, 0.1) is 10.8 Å². The molecule has 1 unspecified atom stereocenters. The predicted molar refractivity (Wildman–Crippen MR) is 90.8 cm³/mol. The minimum Gasteiger partial charge on any atom is -0.481 e. The van der Waals surface area contributed by atoms with Crippen molar-refractivity contribution in [1.82, 2.24) is 5.32 Å². The number of benzene rings is 1. The van der Waals surface area contributed by atoms with Crippen molar-refractivity contribution in [2.24, 2.45) is 11.8 Å². The Balaban J connectivity index is 2.30. The number of carboxylic acid groups (broad SMARTS) is 1. The molecule has 0 aromatic heterocycles. The Labute approximate surface area is 147 Å². The molecule has 3 atom stereocenters. The molecule has 1 saturated carbocycles. The van der Waals surface area contributed by atoms with Crippen molar-refractivity contribution in [3.8, 4) is 0 Å². The van der Waals surface area contributed by atoms with Crippen LogP contribution in [0, 0.1) is 18.8 Å². The monoisotopic (exact) mass is 369 g/mol. The predicted octanol–water partition coefficient (Wildman–Crippen LogP) is 2.34. The third-order valence-corrected chi connectivity index (χ3v) is 5.95. The first kappa shape index (κ1) is 19.2. The van der Waals surface area contributed by atoms with E-state index < -0.39 is 44.7 Å². The van der Waals surface area contributed by atoms with Gasteiger partial charge in [0.2, 0.25) is 0 Å². The first-order chi connectivity index (χ1) is 11.4. The molecule has 138 valence electrons. The molecule has 1 aromatic rings. The van der Waals surface area contributed by atoms with Gasteiger partial charge < -0.3 is 15.2 Å². The minimum absolute atomic E-state index is 0.0372. The highest BCUT2D eigenvalue weighted by atomic mass is 32.2. The van der Waals surface area contributed by atoms with Gasteiger partial charge in [-0.1, -0.05) is 17.7 Å². The van der Waals surface area contributed by atoms with Crippen molar-refractivity contribution in [2.45, 2.75) is 50.0 Å². The molecule has 2 rings (SSSR count). The number of carbonyl (C=O) groups is 2. The summed E-state index contributed by atoms with van der Waals surface area (Å²) in [5, 5.41) is 10.1. The van der Waals surface area contributed by atoms with Crippen molar-refractivity contribution in [1.29, 1.82) is 0 Å². The maximum absolute atomic E-state index is 12.9. The average Bonchev–Trinajstić information content (AvgIpc) is 3.23. The fraction of sp³-hybridized carbons (Fsp3) is 0.529. The summed E-state index contributed by atoms with van der Waals surface area (Å²) in [4.78, 5) is 23.3. The molecule has 1 fully saturated rings. The number of aliphatic carboxylic acids is 1. The molecule has 25 heavy (non-hydrogen) atoms. The molecular weight excluding hydrogens is 346 g/mol. The lowest BCUT2D eigenvalue weighted by atomic mass is 10.2. The summed E-state index contributed by atoms with van der Waals surface area (Å²) in [5.74, 6) is -2.54. The van der Waals surface area contributed by atoms with E-state index in [2.05, 4.69) is 5.32 Å². The number of hydrogen-bond donors (Lipinski definition) is 2. The SMILES string of the molecule is Cc1ccc(S(=O)(=O)C(NC(=O)OC(C)(C)C)[C@@H]2C[C@H]2C(=O)O)cc1. The number of rotatable bonds is 5. The van der Waals surface area contributed by atoms with Crippen LogP contribution in [0.3, 0.4) is 0 Å².